The first-order chi connectivity index (χ1) is 8.26. The molecule has 1 heterocycles. The van der Waals surface area contributed by atoms with Crippen molar-refractivity contribution < 1.29 is 9.13 Å². The van der Waals surface area contributed by atoms with E-state index in [1.165, 1.54) is 12.1 Å². The molecule has 0 saturated heterocycles. The predicted molar refractivity (Wildman–Crippen MR) is 63.3 cm³/mol. The van der Waals surface area contributed by atoms with Gasteiger partial charge in [-0.25, -0.2) is 9.37 Å². The van der Waals surface area contributed by atoms with E-state index in [0.29, 0.717) is 30.0 Å². The lowest BCUT2D eigenvalue weighted by atomic mass is 10.1. The van der Waals surface area contributed by atoms with E-state index in [1.54, 1.807) is 19.5 Å². The van der Waals surface area contributed by atoms with Gasteiger partial charge in [-0.3, -0.25) is 0 Å². The van der Waals surface area contributed by atoms with Crippen LogP contribution in [0.2, 0.25) is 0 Å². The molecule has 90 valence electrons. The molecule has 0 aliphatic carbocycles. The van der Waals surface area contributed by atoms with Gasteiger partial charge in [0.2, 0.25) is 0 Å². The summed E-state index contributed by atoms with van der Waals surface area (Å²) in [6.07, 6.45) is 2.24. The standard InChI is InChI=1S/C12H14FN3O/c1-17-11-3-2-8(13)6-9(11)12-10(4-5-14)15-7-16-12/h2-3,6-7H,4-5,14H2,1H3,(H,15,16). The molecule has 4 nitrogen and oxygen atoms in total. The van der Waals surface area contributed by atoms with Crippen molar-refractivity contribution in [3.63, 3.8) is 0 Å². The number of methoxy groups -OCH3 is 1. The van der Waals surface area contributed by atoms with Gasteiger partial charge in [0.05, 0.1) is 19.1 Å². The lowest BCUT2D eigenvalue weighted by Crippen LogP contribution is -2.04. The van der Waals surface area contributed by atoms with Crippen molar-refractivity contribution in [1.29, 1.82) is 0 Å². The molecule has 1 aromatic carbocycles. The summed E-state index contributed by atoms with van der Waals surface area (Å²) in [6.45, 7) is 0.507. The van der Waals surface area contributed by atoms with E-state index in [2.05, 4.69) is 9.97 Å². The zero-order chi connectivity index (χ0) is 12.3. The molecular weight excluding hydrogens is 221 g/mol. The zero-order valence-electron chi connectivity index (χ0n) is 9.53. The maximum Gasteiger partial charge on any atom is 0.128 e. The van der Waals surface area contributed by atoms with Crippen molar-refractivity contribution in [2.45, 2.75) is 6.42 Å². The van der Waals surface area contributed by atoms with Crippen LogP contribution in [-0.2, 0) is 6.42 Å². The summed E-state index contributed by atoms with van der Waals surface area (Å²) in [5.41, 5.74) is 7.72. The Morgan fingerprint density at radius 3 is 3.00 bits per heavy atom. The molecule has 0 unspecified atom stereocenters. The molecule has 0 saturated carbocycles. The lowest BCUT2D eigenvalue weighted by Gasteiger charge is -2.08. The molecular formula is C12H14FN3O. The maximum absolute atomic E-state index is 13.3. The molecule has 0 radical (unpaired) electrons. The minimum absolute atomic E-state index is 0.317. The van der Waals surface area contributed by atoms with Crippen LogP contribution in [-0.4, -0.2) is 23.6 Å². The molecule has 0 aliphatic heterocycles. The first-order valence-corrected chi connectivity index (χ1v) is 5.32. The van der Waals surface area contributed by atoms with Crippen molar-refractivity contribution in [3.8, 4) is 17.0 Å². The van der Waals surface area contributed by atoms with Crippen molar-refractivity contribution >= 4 is 0 Å². The number of hydrogen-bond acceptors (Lipinski definition) is 3. The highest BCUT2D eigenvalue weighted by Crippen LogP contribution is 2.31. The Balaban J connectivity index is 2.51. The molecule has 0 spiro atoms. The van der Waals surface area contributed by atoms with Crippen molar-refractivity contribution in [2.24, 2.45) is 5.73 Å². The van der Waals surface area contributed by atoms with Gasteiger partial charge in [0.1, 0.15) is 11.6 Å². The number of hydrogen-bond donors (Lipinski definition) is 2. The Hall–Kier alpha value is -1.88. The van der Waals surface area contributed by atoms with E-state index in [4.69, 9.17) is 10.5 Å². The molecule has 17 heavy (non-hydrogen) atoms. The topological polar surface area (TPSA) is 63.9 Å². The van der Waals surface area contributed by atoms with E-state index in [9.17, 15) is 4.39 Å². The van der Waals surface area contributed by atoms with Crippen LogP contribution in [0.4, 0.5) is 4.39 Å². The number of halogens is 1. The van der Waals surface area contributed by atoms with Gasteiger partial charge in [-0.2, -0.15) is 0 Å². The molecule has 0 atom stereocenters. The van der Waals surface area contributed by atoms with Crippen LogP contribution in [0.15, 0.2) is 24.5 Å². The normalized spacial score (nSPS) is 10.5. The molecule has 0 aliphatic rings. The minimum Gasteiger partial charge on any atom is -0.496 e. The zero-order valence-corrected chi connectivity index (χ0v) is 9.53. The Bertz CT molecular complexity index is 510. The number of aromatic nitrogens is 2. The van der Waals surface area contributed by atoms with Crippen LogP contribution in [0, 0.1) is 5.82 Å². The summed E-state index contributed by atoms with van der Waals surface area (Å²) < 4.78 is 18.5. The van der Waals surface area contributed by atoms with Crippen molar-refractivity contribution in [2.75, 3.05) is 13.7 Å². The van der Waals surface area contributed by atoms with Gasteiger partial charge in [0.15, 0.2) is 0 Å². The Kier molecular flexibility index (Phi) is 3.39. The van der Waals surface area contributed by atoms with Gasteiger partial charge in [-0.05, 0) is 24.7 Å². The second kappa shape index (κ2) is 4.97. The van der Waals surface area contributed by atoms with Gasteiger partial charge in [0, 0.05) is 17.7 Å². The van der Waals surface area contributed by atoms with Gasteiger partial charge >= 0.3 is 0 Å². The number of nitrogens with one attached hydrogen (secondary N) is 1. The van der Waals surface area contributed by atoms with E-state index in [-0.39, 0.29) is 5.82 Å². The second-order valence-corrected chi connectivity index (χ2v) is 3.61. The molecule has 2 rings (SSSR count). The summed E-state index contributed by atoms with van der Waals surface area (Å²) in [6, 6.07) is 4.36. The van der Waals surface area contributed by atoms with E-state index < -0.39 is 0 Å². The highest BCUT2D eigenvalue weighted by atomic mass is 19.1. The average molecular weight is 235 g/mol. The molecule has 0 fully saturated rings. The summed E-state index contributed by atoms with van der Waals surface area (Å²) in [5, 5.41) is 0. The van der Waals surface area contributed by atoms with Crippen LogP contribution in [0.1, 0.15) is 5.69 Å². The van der Waals surface area contributed by atoms with Crippen LogP contribution in [0.5, 0.6) is 5.75 Å². The summed E-state index contributed by atoms with van der Waals surface area (Å²) >= 11 is 0. The fourth-order valence-electron chi connectivity index (χ4n) is 1.75. The SMILES string of the molecule is COc1ccc(F)cc1-c1nc[nH]c1CCN. The molecule has 3 N–H and O–H groups in total. The fourth-order valence-corrected chi connectivity index (χ4v) is 1.75. The molecule has 1 aromatic heterocycles. The summed E-state index contributed by atoms with van der Waals surface area (Å²) in [7, 11) is 1.55. The highest BCUT2D eigenvalue weighted by Gasteiger charge is 2.13. The fraction of sp³-hybridized carbons (Fsp3) is 0.250. The molecule has 0 amide bonds. The Morgan fingerprint density at radius 1 is 1.47 bits per heavy atom. The third-order valence-electron chi connectivity index (χ3n) is 2.53. The number of nitrogens with two attached hydrogens (primary N) is 1. The summed E-state index contributed by atoms with van der Waals surface area (Å²) in [4.78, 5) is 7.20. The van der Waals surface area contributed by atoms with Gasteiger partial charge in [-0.1, -0.05) is 0 Å². The van der Waals surface area contributed by atoms with E-state index in [0.717, 1.165) is 5.69 Å². The van der Waals surface area contributed by atoms with Crippen LogP contribution in [0.3, 0.4) is 0 Å². The van der Waals surface area contributed by atoms with Crippen LogP contribution in [0.25, 0.3) is 11.3 Å². The quantitative estimate of drug-likeness (QED) is 0.848. The maximum atomic E-state index is 13.3. The number of ether oxygens (including phenoxy) is 1. The van der Waals surface area contributed by atoms with Gasteiger partial charge < -0.3 is 15.5 Å². The van der Waals surface area contributed by atoms with Crippen LogP contribution >= 0.6 is 0 Å². The van der Waals surface area contributed by atoms with Crippen molar-refractivity contribution in [1.82, 2.24) is 9.97 Å². The number of nitrogens with zero attached hydrogens (tertiary/aromatic N) is 1. The number of aromatic amines is 1. The smallest absolute Gasteiger partial charge is 0.128 e. The molecule has 2 aromatic rings. The number of imidazole rings is 1. The Morgan fingerprint density at radius 2 is 2.29 bits per heavy atom. The van der Waals surface area contributed by atoms with Crippen molar-refractivity contribution in [3.05, 3.63) is 36.0 Å². The monoisotopic (exact) mass is 235 g/mol. The van der Waals surface area contributed by atoms with E-state index >= 15 is 0 Å². The number of benzene rings is 1. The van der Waals surface area contributed by atoms with Gasteiger partial charge in [-0.15, -0.1) is 0 Å². The molecule has 0 bridgehead atoms. The third-order valence-corrected chi connectivity index (χ3v) is 2.53. The van der Waals surface area contributed by atoms with E-state index in [1.807, 2.05) is 0 Å². The third kappa shape index (κ3) is 2.29. The Labute approximate surface area is 98.6 Å². The predicted octanol–water partition coefficient (Wildman–Crippen LogP) is 1.73. The largest absolute Gasteiger partial charge is 0.496 e. The highest BCUT2D eigenvalue weighted by molar-refractivity contribution is 5.69. The lowest BCUT2D eigenvalue weighted by molar-refractivity contribution is 0.415. The first-order valence-electron chi connectivity index (χ1n) is 5.32. The second-order valence-electron chi connectivity index (χ2n) is 3.61. The van der Waals surface area contributed by atoms with Crippen LogP contribution < -0.4 is 10.5 Å². The summed E-state index contributed by atoms with van der Waals surface area (Å²) in [5.74, 6) is 0.277. The average Bonchev–Trinajstić information content (AvgIpc) is 2.77. The molecule has 5 heteroatoms. The number of rotatable bonds is 4. The first kappa shape index (κ1) is 11.6. The van der Waals surface area contributed by atoms with Gasteiger partial charge in [0.25, 0.3) is 0 Å². The minimum atomic E-state index is -0.317. The number of H-pyrrole nitrogens is 1.